The molecule has 0 heterocycles. The van der Waals surface area contributed by atoms with Crippen LogP contribution in [0, 0.1) is 6.92 Å². The Bertz CT molecular complexity index is 809. The van der Waals surface area contributed by atoms with Crippen LogP contribution in [0.4, 0.5) is 0 Å². The predicted octanol–water partition coefficient (Wildman–Crippen LogP) is 3.93. The monoisotopic (exact) mass is 328 g/mol. The number of hydrogen-bond donors (Lipinski definition) is 0. The molecule has 2 aromatic carbocycles. The standard InChI is InChI=1S/C20H24O4/c1-12-15-11-17(23-4)16(22-3)10-14(15)9-13-7-6-8-20(2,18(12)13)19(21)24-5/h9-11H,6-8H2,1-5H3. The summed E-state index contributed by atoms with van der Waals surface area (Å²) in [4.78, 5) is 12.5. The fourth-order valence-electron chi connectivity index (χ4n) is 4.13. The van der Waals surface area contributed by atoms with Crippen LogP contribution in [0.25, 0.3) is 10.8 Å². The van der Waals surface area contributed by atoms with Gasteiger partial charge in [-0.3, -0.25) is 4.79 Å². The van der Waals surface area contributed by atoms with E-state index in [1.165, 1.54) is 12.7 Å². The molecule has 0 aromatic heterocycles. The number of fused-ring (bicyclic) bond motifs is 2. The first-order valence-corrected chi connectivity index (χ1v) is 8.23. The minimum Gasteiger partial charge on any atom is -0.493 e. The second-order valence-corrected chi connectivity index (χ2v) is 6.64. The second-order valence-electron chi connectivity index (χ2n) is 6.64. The number of carbonyl (C=O) groups is 1. The van der Waals surface area contributed by atoms with Crippen molar-refractivity contribution in [3.8, 4) is 11.5 Å². The van der Waals surface area contributed by atoms with E-state index in [9.17, 15) is 4.79 Å². The summed E-state index contributed by atoms with van der Waals surface area (Å²) in [7, 11) is 4.74. The van der Waals surface area contributed by atoms with E-state index in [1.807, 2.05) is 19.1 Å². The molecule has 0 spiro atoms. The third-order valence-corrected chi connectivity index (χ3v) is 5.30. The molecule has 0 saturated heterocycles. The maximum Gasteiger partial charge on any atom is 0.316 e. The van der Waals surface area contributed by atoms with Crippen LogP contribution in [0.2, 0.25) is 0 Å². The van der Waals surface area contributed by atoms with Crippen molar-refractivity contribution in [3.63, 3.8) is 0 Å². The number of carbonyl (C=O) groups excluding carboxylic acids is 1. The van der Waals surface area contributed by atoms with E-state index in [4.69, 9.17) is 14.2 Å². The molecule has 24 heavy (non-hydrogen) atoms. The molecular weight excluding hydrogens is 304 g/mol. The zero-order chi connectivity index (χ0) is 17.5. The van der Waals surface area contributed by atoms with E-state index < -0.39 is 5.41 Å². The van der Waals surface area contributed by atoms with Crippen molar-refractivity contribution in [1.29, 1.82) is 0 Å². The van der Waals surface area contributed by atoms with Gasteiger partial charge in [0.15, 0.2) is 11.5 Å². The number of esters is 1. The molecule has 0 radical (unpaired) electrons. The molecule has 4 nitrogen and oxygen atoms in total. The second kappa shape index (κ2) is 6.00. The Morgan fingerprint density at radius 2 is 1.75 bits per heavy atom. The van der Waals surface area contributed by atoms with Crippen molar-refractivity contribution in [2.24, 2.45) is 0 Å². The Morgan fingerprint density at radius 3 is 2.38 bits per heavy atom. The first-order valence-electron chi connectivity index (χ1n) is 8.23. The summed E-state index contributed by atoms with van der Waals surface area (Å²) in [5, 5.41) is 2.20. The van der Waals surface area contributed by atoms with Gasteiger partial charge in [0, 0.05) is 0 Å². The van der Waals surface area contributed by atoms with Crippen LogP contribution >= 0.6 is 0 Å². The molecule has 1 aliphatic carbocycles. The summed E-state index contributed by atoms with van der Waals surface area (Å²) >= 11 is 0. The van der Waals surface area contributed by atoms with Crippen molar-refractivity contribution in [2.75, 3.05) is 21.3 Å². The van der Waals surface area contributed by atoms with Crippen molar-refractivity contribution >= 4 is 16.7 Å². The summed E-state index contributed by atoms with van der Waals surface area (Å²) in [5.74, 6) is 1.26. The van der Waals surface area contributed by atoms with Crippen molar-refractivity contribution in [3.05, 3.63) is 34.9 Å². The van der Waals surface area contributed by atoms with E-state index in [0.717, 1.165) is 46.9 Å². The van der Waals surface area contributed by atoms with Crippen LogP contribution < -0.4 is 9.47 Å². The SMILES string of the molecule is COC(=O)C1(C)CCCc2cc3cc(OC)c(OC)cc3c(C)c21. The highest BCUT2D eigenvalue weighted by Gasteiger charge is 2.41. The van der Waals surface area contributed by atoms with E-state index in [0.29, 0.717) is 5.75 Å². The summed E-state index contributed by atoms with van der Waals surface area (Å²) in [6, 6.07) is 6.18. The number of benzene rings is 2. The minimum absolute atomic E-state index is 0.161. The van der Waals surface area contributed by atoms with Gasteiger partial charge < -0.3 is 14.2 Å². The van der Waals surface area contributed by atoms with Crippen LogP contribution in [-0.4, -0.2) is 27.3 Å². The highest BCUT2D eigenvalue weighted by atomic mass is 16.5. The van der Waals surface area contributed by atoms with Gasteiger partial charge in [-0.15, -0.1) is 0 Å². The Balaban J connectivity index is 2.33. The largest absolute Gasteiger partial charge is 0.493 e. The minimum atomic E-state index is -0.590. The lowest BCUT2D eigenvalue weighted by Crippen LogP contribution is -2.38. The lowest BCUT2D eigenvalue weighted by molar-refractivity contribution is -0.147. The molecule has 2 aromatic rings. The number of aryl methyl sites for hydroxylation is 2. The number of rotatable bonds is 3. The molecule has 0 bridgehead atoms. The van der Waals surface area contributed by atoms with Gasteiger partial charge in [-0.05, 0) is 72.7 Å². The fourth-order valence-corrected chi connectivity index (χ4v) is 4.13. The zero-order valence-electron chi connectivity index (χ0n) is 15.0. The third-order valence-electron chi connectivity index (χ3n) is 5.30. The van der Waals surface area contributed by atoms with E-state index in [-0.39, 0.29) is 5.97 Å². The van der Waals surface area contributed by atoms with Gasteiger partial charge in [-0.25, -0.2) is 0 Å². The maximum absolute atomic E-state index is 12.5. The quantitative estimate of drug-likeness (QED) is 0.801. The van der Waals surface area contributed by atoms with Gasteiger partial charge in [0.2, 0.25) is 0 Å². The van der Waals surface area contributed by atoms with Crippen LogP contribution in [-0.2, 0) is 21.4 Å². The molecule has 1 atom stereocenters. The first-order chi connectivity index (χ1) is 11.5. The number of ether oxygens (including phenoxy) is 3. The predicted molar refractivity (Wildman–Crippen MR) is 94.1 cm³/mol. The summed E-state index contributed by atoms with van der Waals surface area (Å²) in [6.45, 7) is 4.08. The Hall–Kier alpha value is -2.23. The molecule has 0 aliphatic heterocycles. The maximum atomic E-state index is 12.5. The van der Waals surface area contributed by atoms with Crippen molar-refractivity contribution in [2.45, 2.75) is 38.5 Å². The van der Waals surface area contributed by atoms with E-state index in [1.54, 1.807) is 14.2 Å². The molecule has 1 aliphatic rings. The van der Waals surface area contributed by atoms with Gasteiger partial charge in [-0.2, -0.15) is 0 Å². The molecule has 1 unspecified atom stereocenters. The number of hydrogen-bond acceptors (Lipinski definition) is 4. The third kappa shape index (κ3) is 2.32. The normalized spacial score (nSPS) is 19.7. The molecule has 0 fully saturated rings. The Kier molecular flexibility index (Phi) is 4.16. The average molecular weight is 328 g/mol. The molecule has 4 heteroatoms. The first kappa shape index (κ1) is 16.6. The average Bonchev–Trinajstić information content (AvgIpc) is 2.59. The summed E-state index contributed by atoms with van der Waals surface area (Å²) in [5.41, 5.74) is 2.87. The van der Waals surface area contributed by atoms with Crippen LogP contribution in [0.1, 0.15) is 36.5 Å². The van der Waals surface area contributed by atoms with Gasteiger partial charge in [0.05, 0.1) is 26.7 Å². The lowest BCUT2D eigenvalue weighted by Gasteiger charge is -2.35. The molecule has 3 rings (SSSR count). The Labute approximate surface area is 142 Å². The topological polar surface area (TPSA) is 44.8 Å². The van der Waals surface area contributed by atoms with Gasteiger partial charge in [-0.1, -0.05) is 6.07 Å². The number of methoxy groups -OCH3 is 3. The van der Waals surface area contributed by atoms with Crippen LogP contribution in [0.3, 0.4) is 0 Å². The van der Waals surface area contributed by atoms with Crippen molar-refractivity contribution < 1.29 is 19.0 Å². The molecular formula is C20H24O4. The van der Waals surface area contributed by atoms with E-state index >= 15 is 0 Å². The smallest absolute Gasteiger partial charge is 0.316 e. The van der Waals surface area contributed by atoms with E-state index in [2.05, 4.69) is 13.0 Å². The van der Waals surface area contributed by atoms with Crippen molar-refractivity contribution in [1.82, 2.24) is 0 Å². The molecule has 0 N–H and O–H groups in total. The Morgan fingerprint density at radius 1 is 1.08 bits per heavy atom. The molecule has 0 amide bonds. The highest BCUT2D eigenvalue weighted by Crippen LogP contribution is 2.44. The highest BCUT2D eigenvalue weighted by molar-refractivity contribution is 5.94. The van der Waals surface area contributed by atoms with Crippen LogP contribution in [0.5, 0.6) is 11.5 Å². The van der Waals surface area contributed by atoms with Gasteiger partial charge in [0.25, 0.3) is 0 Å². The molecule has 128 valence electrons. The zero-order valence-corrected chi connectivity index (χ0v) is 15.0. The van der Waals surface area contributed by atoms with Gasteiger partial charge in [0.1, 0.15) is 0 Å². The summed E-state index contributed by atoms with van der Waals surface area (Å²) < 4.78 is 16.0. The van der Waals surface area contributed by atoms with Gasteiger partial charge >= 0.3 is 5.97 Å². The summed E-state index contributed by atoms with van der Waals surface area (Å²) in [6.07, 6.45) is 2.77. The lowest BCUT2D eigenvalue weighted by atomic mass is 9.68. The fraction of sp³-hybridized carbons (Fsp3) is 0.450. The molecule has 0 saturated carbocycles. The van der Waals surface area contributed by atoms with Crippen LogP contribution in [0.15, 0.2) is 18.2 Å².